The first kappa shape index (κ1) is 17.2. The second kappa shape index (κ2) is 7.06. The van der Waals surface area contributed by atoms with E-state index in [1.54, 1.807) is 0 Å². The Labute approximate surface area is 144 Å². The van der Waals surface area contributed by atoms with Crippen molar-refractivity contribution < 1.29 is 10.2 Å². The summed E-state index contributed by atoms with van der Waals surface area (Å²) in [4.78, 5) is 2.29. The van der Waals surface area contributed by atoms with Gasteiger partial charge in [-0.15, -0.1) is 0 Å². The fourth-order valence-electron chi connectivity index (χ4n) is 3.29. The predicted molar refractivity (Wildman–Crippen MR) is 96.6 cm³/mol. The summed E-state index contributed by atoms with van der Waals surface area (Å²) in [6, 6.07) is 16.8. The molecule has 1 aliphatic heterocycles. The Kier molecular flexibility index (Phi) is 5.04. The van der Waals surface area contributed by atoms with Crippen molar-refractivity contribution in [3.8, 4) is 0 Å². The van der Waals surface area contributed by atoms with Gasteiger partial charge in [-0.1, -0.05) is 48.5 Å². The van der Waals surface area contributed by atoms with Crippen LogP contribution >= 0.6 is 0 Å². The summed E-state index contributed by atoms with van der Waals surface area (Å²) in [7, 11) is 0. The molecule has 24 heavy (non-hydrogen) atoms. The van der Waals surface area contributed by atoms with Gasteiger partial charge in [-0.25, -0.2) is 0 Å². The lowest BCUT2D eigenvalue weighted by Gasteiger charge is -2.32. The highest BCUT2D eigenvalue weighted by molar-refractivity contribution is 5.31. The van der Waals surface area contributed by atoms with Gasteiger partial charge in [-0.05, 0) is 48.9 Å². The second-order valence-electron chi connectivity index (χ2n) is 7.51. The summed E-state index contributed by atoms with van der Waals surface area (Å²) in [5.41, 5.74) is 4.18. The number of aliphatic hydroxyl groups is 2. The van der Waals surface area contributed by atoms with E-state index in [-0.39, 0.29) is 0 Å². The zero-order valence-electron chi connectivity index (χ0n) is 14.6. The van der Waals surface area contributed by atoms with Crippen LogP contribution in [0.5, 0.6) is 0 Å². The summed E-state index contributed by atoms with van der Waals surface area (Å²) >= 11 is 0. The lowest BCUT2D eigenvalue weighted by atomic mass is 9.96. The van der Waals surface area contributed by atoms with E-state index in [2.05, 4.69) is 35.2 Å². The average molecular weight is 325 g/mol. The molecule has 0 fully saturated rings. The molecule has 3 nitrogen and oxygen atoms in total. The fraction of sp³-hybridized carbons (Fsp3) is 0.429. The molecular weight excluding hydrogens is 298 g/mol. The van der Waals surface area contributed by atoms with Crippen LogP contribution in [0.4, 0.5) is 0 Å². The Balaban J connectivity index is 1.61. The molecule has 0 saturated heterocycles. The number of aliphatic hydroxyl groups excluding tert-OH is 1. The highest BCUT2D eigenvalue weighted by atomic mass is 16.3. The second-order valence-corrected chi connectivity index (χ2v) is 7.51. The van der Waals surface area contributed by atoms with E-state index in [1.807, 2.05) is 32.0 Å². The van der Waals surface area contributed by atoms with Crippen LogP contribution in [-0.4, -0.2) is 27.3 Å². The van der Waals surface area contributed by atoms with Crippen LogP contribution in [-0.2, 0) is 19.5 Å². The smallest absolute Gasteiger partial charge is 0.0920 e. The number of aryl methyl sites for hydroxylation is 1. The molecule has 1 atom stereocenters. The molecular formula is C21H27NO2. The van der Waals surface area contributed by atoms with E-state index in [1.165, 1.54) is 16.7 Å². The van der Waals surface area contributed by atoms with Gasteiger partial charge in [-0.3, -0.25) is 4.90 Å². The van der Waals surface area contributed by atoms with E-state index in [0.29, 0.717) is 6.54 Å². The molecule has 3 rings (SSSR count). The molecule has 3 heteroatoms. The molecule has 1 aliphatic rings. The van der Waals surface area contributed by atoms with Crippen LogP contribution in [0.2, 0.25) is 0 Å². The molecule has 0 aliphatic carbocycles. The van der Waals surface area contributed by atoms with Crippen molar-refractivity contribution in [2.24, 2.45) is 0 Å². The van der Waals surface area contributed by atoms with Gasteiger partial charge in [0, 0.05) is 19.6 Å². The summed E-state index contributed by atoms with van der Waals surface area (Å²) in [6.45, 7) is 6.10. The molecule has 0 spiro atoms. The lowest BCUT2D eigenvalue weighted by Crippen LogP contribution is -2.33. The molecule has 1 heterocycles. The van der Waals surface area contributed by atoms with Crippen LogP contribution in [0.1, 0.15) is 48.6 Å². The molecule has 2 N–H and O–H groups in total. The SMILES string of the molecule is CC(C)(O)CCc1ccc(CN2Cc3ccccc3[C@H](O)C2)cc1. The zero-order valence-corrected chi connectivity index (χ0v) is 14.6. The normalized spacial score (nSPS) is 18.4. The Morgan fingerprint density at radius 3 is 2.42 bits per heavy atom. The molecule has 0 radical (unpaired) electrons. The van der Waals surface area contributed by atoms with Crippen LogP contribution in [0.25, 0.3) is 0 Å². The average Bonchev–Trinajstić information content (AvgIpc) is 2.54. The first-order valence-corrected chi connectivity index (χ1v) is 8.69. The molecule has 0 saturated carbocycles. The van der Waals surface area contributed by atoms with Gasteiger partial charge in [0.1, 0.15) is 0 Å². The third-order valence-corrected chi connectivity index (χ3v) is 4.69. The van der Waals surface area contributed by atoms with Crippen molar-refractivity contribution in [3.05, 3.63) is 70.8 Å². The van der Waals surface area contributed by atoms with Gasteiger partial charge in [0.25, 0.3) is 0 Å². The van der Waals surface area contributed by atoms with Crippen molar-refractivity contribution in [2.75, 3.05) is 6.54 Å². The molecule has 128 valence electrons. The fourth-order valence-corrected chi connectivity index (χ4v) is 3.29. The van der Waals surface area contributed by atoms with Crippen LogP contribution < -0.4 is 0 Å². The molecule has 0 unspecified atom stereocenters. The largest absolute Gasteiger partial charge is 0.390 e. The zero-order chi connectivity index (χ0) is 17.2. The monoisotopic (exact) mass is 325 g/mol. The number of β-amino-alcohol motifs (C(OH)–C–C–N with tert-alkyl or cyclic N) is 1. The van der Waals surface area contributed by atoms with Gasteiger partial charge in [-0.2, -0.15) is 0 Å². The predicted octanol–water partition coefficient (Wildman–Crippen LogP) is 3.44. The van der Waals surface area contributed by atoms with Crippen molar-refractivity contribution in [1.82, 2.24) is 4.90 Å². The topological polar surface area (TPSA) is 43.7 Å². The Bertz CT molecular complexity index is 673. The van der Waals surface area contributed by atoms with Crippen molar-refractivity contribution >= 4 is 0 Å². The highest BCUT2D eigenvalue weighted by Crippen LogP contribution is 2.27. The van der Waals surface area contributed by atoms with Crippen molar-refractivity contribution in [2.45, 2.75) is 51.5 Å². The van der Waals surface area contributed by atoms with E-state index in [9.17, 15) is 10.2 Å². The maximum atomic E-state index is 10.3. The minimum absolute atomic E-state index is 0.402. The quantitative estimate of drug-likeness (QED) is 0.885. The Morgan fingerprint density at radius 2 is 1.71 bits per heavy atom. The molecule has 0 bridgehead atoms. The molecule has 2 aromatic carbocycles. The van der Waals surface area contributed by atoms with Gasteiger partial charge in [0.2, 0.25) is 0 Å². The maximum absolute atomic E-state index is 10.3. The van der Waals surface area contributed by atoms with Crippen molar-refractivity contribution in [1.29, 1.82) is 0 Å². The summed E-state index contributed by atoms with van der Waals surface area (Å²) in [5, 5.41) is 20.2. The lowest BCUT2D eigenvalue weighted by molar-refractivity contribution is 0.0714. The number of fused-ring (bicyclic) bond motifs is 1. The van der Waals surface area contributed by atoms with Gasteiger partial charge in [0.05, 0.1) is 11.7 Å². The first-order chi connectivity index (χ1) is 11.4. The van der Waals surface area contributed by atoms with Crippen LogP contribution in [0.15, 0.2) is 48.5 Å². The molecule has 0 aromatic heterocycles. The van der Waals surface area contributed by atoms with E-state index >= 15 is 0 Å². The van der Waals surface area contributed by atoms with Crippen LogP contribution in [0, 0.1) is 0 Å². The third-order valence-electron chi connectivity index (χ3n) is 4.69. The van der Waals surface area contributed by atoms with Gasteiger partial charge < -0.3 is 10.2 Å². The van der Waals surface area contributed by atoms with Crippen LogP contribution in [0.3, 0.4) is 0 Å². The number of hydrogen-bond donors (Lipinski definition) is 2. The molecule has 0 amide bonds. The standard InChI is InChI=1S/C21H27NO2/c1-21(2,24)12-11-16-7-9-17(10-8-16)13-22-14-18-5-3-4-6-19(18)20(23)15-22/h3-10,20,23-24H,11-15H2,1-2H3/t20-/m1/s1. The van der Waals surface area contributed by atoms with E-state index in [0.717, 1.165) is 31.5 Å². The highest BCUT2D eigenvalue weighted by Gasteiger charge is 2.23. The summed E-state index contributed by atoms with van der Waals surface area (Å²) < 4.78 is 0. The van der Waals surface area contributed by atoms with E-state index < -0.39 is 11.7 Å². The minimum atomic E-state index is -0.615. The Morgan fingerprint density at radius 1 is 1.04 bits per heavy atom. The molecule has 2 aromatic rings. The third kappa shape index (κ3) is 4.44. The number of rotatable bonds is 5. The van der Waals surface area contributed by atoms with E-state index in [4.69, 9.17) is 0 Å². The first-order valence-electron chi connectivity index (χ1n) is 8.69. The van der Waals surface area contributed by atoms with Gasteiger partial charge >= 0.3 is 0 Å². The maximum Gasteiger partial charge on any atom is 0.0920 e. The number of benzene rings is 2. The Hall–Kier alpha value is -1.68. The minimum Gasteiger partial charge on any atom is -0.390 e. The van der Waals surface area contributed by atoms with Crippen molar-refractivity contribution in [3.63, 3.8) is 0 Å². The summed E-state index contributed by atoms with van der Waals surface area (Å²) in [5.74, 6) is 0. The number of nitrogens with zero attached hydrogens (tertiary/aromatic N) is 1. The summed E-state index contributed by atoms with van der Waals surface area (Å²) in [6.07, 6.45) is 1.25. The van der Waals surface area contributed by atoms with Gasteiger partial charge in [0.15, 0.2) is 0 Å². The number of hydrogen-bond acceptors (Lipinski definition) is 3.